The molecule has 1 heterocycles. The van der Waals surface area contributed by atoms with E-state index in [4.69, 9.17) is 16.3 Å². The van der Waals surface area contributed by atoms with Gasteiger partial charge in [0.25, 0.3) is 5.91 Å². The van der Waals surface area contributed by atoms with Crippen LogP contribution in [0, 0.1) is 0 Å². The van der Waals surface area contributed by atoms with E-state index >= 15 is 0 Å². The number of rotatable bonds is 2. The third-order valence-electron chi connectivity index (χ3n) is 2.22. The molecule has 2 rings (SSSR count). The molecule has 0 fully saturated rings. The van der Waals surface area contributed by atoms with Crippen LogP contribution in [0.5, 0.6) is 5.75 Å². The Morgan fingerprint density at radius 3 is 2.93 bits per heavy atom. The number of hydrogen-bond donors (Lipinski definition) is 1. The van der Waals surface area contributed by atoms with Gasteiger partial charge in [-0.1, -0.05) is 12.1 Å². The van der Waals surface area contributed by atoms with Gasteiger partial charge in [-0.3, -0.25) is 10.0 Å². The van der Waals surface area contributed by atoms with Crippen molar-refractivity contribution in [3.63, 3.8) is 0 Å². The van der Waals surface area contributed by atoms with Gasteiger partial charge in [-0.25, -0.2) is 0 Å². The first-order valence-electron chi connectivity index (χ1n) is 4.58. The molecule has 1 aliphatic rings. The van der Waals surface area contributed by atoms with Crippen molar-refractivity contribution in [1.82, 2.24) is 5.06 Å². The monoisotopic (exact) mass is 227 g/mol. The zero-order chi connectivity index (χ0) is 10.8. The van der Waals surface area contributed by atoms with Crippen LogP contribution in [-0.4, -0.2) is 28.3 Å². The molecule has 1 aromatic carbocycles. The van der Waals surface area contributed by atoms with E-state index in [1.165, 1.54) is 0 Å². The van der Waals surface area contributed by atoms with Crippen LogP contribution in [0.4, 0.5) is 0 Å². The molecule has 0 spiro atoms. The highest BCUT2D eigenvalue weighted by atomic mass is 35.5. The van der Waals surface area contributed by atoms with Crippen molar-refractivity contribution < 1.29 is 14.7 Å². The summed E-state index contributed by atoms with van der Waals surface area (Å²) in [6, 6.07) is 6.80. The van der Waals surface area contributed by atoms with Gasteiger partial charge in [0.15, 0.2) is 6.23 Å². The van der Waals surface area contributed by atoms with E-state index < -0.39 is 12.1 Å². The van der Waals surface area contributed by atoms with Crippen molar-refractivity contribution in [3.05, 3.63) is 29.8 Å². The van der Waals surface area contributed by atoms with Crippen molar-refractivity contribution in [1.29, 1.82) is 0 Å². The highest BCUT2D eigenvalue weighted by molar-refractivity contribution is 6.17. The molecule has 1 N–H and O–H groups in total. The second-order valence-electron chi connectivity index (χ2n) is 3.20. The zero-order valence-electron chi connectivity index (χ0n) is 7.89. The van der Waals surface area contributed by atoms with Gasteiger partial charge >= 0.3 is 0 Å². The molecule has 0 saturated heterocycles. The summed E-state index contributed by atoms with van der Waals surface area (Å²) in [6.07, 6.45) is -0.303. The average Bonchev–Trinajstić information content (AvgIpc) is 2.26. The van der Waals surface area contributed by atoms with Gasteiger partial charge in [0.1, 0.15) is 5.75 Å². The summed E-state index contributed by atoms with van der Waals surface area (Å²) in [4.78, 5) is 11.7. The van der Waals surface area contributed by atoms with Crippen molar-refractivity contribution in [2.45, 2.75) is 12.6 Å². The van der Waals surface area contributed by atoms with E-state index in [0.717, 1.165) is 0 Å². The Hall–Kier alpha value is -1.26. The van der Waals surface area contributed by atoms with Crippen molar-refractivity contribution in [3.8, 4) is 5.75 Å². The third kappa shape index (κ3) is 1.78. The number of para-hydroxylation sites is 1. The maximum atomic E-state index is 11.7. The lowest BCUT2D eigenvalue weighted by Gasteiger charge is -2.31. The maximum Gasteiger partial charge on any atom is 0.284 e. The lowest BCUT2D eigenvalue weighted by Crippen LogP contribution is -2.45. The van der Waals surface area contributed by atoms with Crippen molar-refractivity contribution >= 4 is 17.5 Å². The van der Waals surface area contributed by atoms with E-state index in [-0.39, 0.29) is 0 Å². The zero-order valence-corrected chi connectivity index (χ0v) is 8.65. The number of benzene rings is 1. The number of nitrogens with zero attached hydrogens (tertiary/aromatic N) is 1. The minimum Gasteiger partial charge on any atom is -0.467 e. The number of ether oxygens (including phenoxy) is 1. The first-order valence-corrected chi connectivity index (χ1v) is 5.11. The van der Waals surface area contributed by atoms with Crippen molar-refractivity contribution in [2.75, 3.05) is 5.88 Å². The van der Waals surface area contributed by atoms with Crippen molar-refractivity contribution in [2.24, 2.45) is 0 Å². The topological polar surface area (TPSA) is 49.8 Å². The van der Waals surface area contributed by atoms with Gasteiger partial charge in [-0.15, -0.1) is 11.6 Å². The molecule has 0 unspecified atom stereocenters. The lowest BCUT2D eigenvalue weighted by molar-refractivity contribution is -0.154. The Bertz CT molecular complexity index is 383. The molecule has 4 nitrogen and oxygen atoms in total. The van der Waals surface area contributed by atoms with E-state index in [0.29, 0.717) is 28.7 Å². The van der Waals surface area contributed by atoms with Gasteiger partial charge in [0.05, 0.1) is 5.56 Å². The van der Waals surface area contributed by atoms with Crippen LogP contribution >= 0.6 is 11.6 Å². The number of amides is 1. The molecule has 5 heteroatoms. The minimum absolute atomic E-state index is 0.317. The molecule has 80 valence electrons. The van der Waals surface area contributed by atoms with E-state index in [2.05, 4.69) is 0 Å². The standard InChI is InChI=1S/C10H10ClNO3/c11-6-5-9-12(14)10(13)7-3-1-2-4-8(7)15-9/h1-4,9,14H,5-6H2/t9-/m0/s1. The fourth-order valence-electron chi connectivity index (χ4n) is 1.47. The number of fused-ring (bicyclic) bond motifs is 1. The van der Waals surface area contributed by atoms with Crippen LogP contribution in [0.25, 0.3) is 0 Å². The van der Waals surface area contributed by atoms with Crippen LogP contribution in [-0.2, 0) is 0 Å². The fourth-order valence-corrected chi connectivity index (χ4v) is 1.66. The molecule has 0 aliphatic carbocycles. The number of hydroxylamine groups is 2. The molecule has 0 radical (unpaired) electrons. The Morgan fingerprint density at radius 2 is 2.20 bits per heavy atom. The van der Waals surface area contributed by atoms with Crippen LogP contribution in [0.3, 0.4) is 0 Å². The van der Waals surface area contributed by atoms with Gasteiger partial charge in [-0.05, 0) is 12.1 Å². The highest BCUT2D eigenvalue weighted by Gasteiger charge is 2.32. The molecule has 1 amide bonds. The summed E-state index contributed by atoms with van der Waals surface area (Å²) in [6.45, 7) is 0. The molecule has 0 bridgehead atoms. The summed E-state index contributed by atoms with van der Waals surface area (Å²) in [5, 5.41) is 10.1. The quantitative estimate of drug-likeness (QED) is 0.620. The molecular weight excluding hydrogens is 218 g/mol. The van der Waals surface area contributed by atoms with Crippen LogP contribution in [0.1, 0.15) is 16.8 Å². The van der Waals surface area contributed by atoms with Gasteiger partial charge in [-0.2, -0.15) is 5.06 Å². The Kier molecular flexibility index (Phi) is 2.79. The summed E-state index contributed by atoms with van der Waals surface area (Å²) in [7, 11) is 0. The Morgan fingerprint density at radius 1 is 1.47 bits per heavy atom. The normalized spacial score (nSPS) is 19.7. The summed E-state index contributed by atoms with van der Waals surface area (Å²) < 4.78 is 5.43. The molecule has 0 saturated carbocycles. The second kappa shape index (κ2) is 4.08. The first-order chi connectivity index (χ1) is 7.24. The number of halogens is 1. The van der Waals surface area contributed by atoms with E-state index in [9.17, 15) is 10.0 Å². The number of carbonyl (C=O) groups excluding carboxylic acids is 1. The molecule has 1 atom stereocenters. The Balaban J connectivity index is 2.32. The van der Waals surface area contributed by atoms with Crippen LogP contribution in [0.15, 0.2) is 24.3 Å². The molecule has 0 aromatic heterocycles. The number of alkyl halides is 1. The SMILES string of the molecule is O=C1c2ccccc2O[C@@H](CCCl)N1O. The highest BCUT2D eigenvalue weighted by Crippen LogP contribution is 2.27. The largest absolute Gasteiger partial charge is 0.467 e. The van der Waals surface area contributed by atoms with Gasteiger partial charge in [0, 0.05) is 12.3 Å². The molecule has 1 aliphatic heterocycles. The van der Waals surface area contributed by atoms with Crippen LogP contribution in [0.2, 0.25) is 0 Å². The lowest BCUT2D eigenvalue weighted by atomic mass is 10.1. The summed E-state index contributed by atoms with van der Waals surface area (Å²) in [5.74, 6) is 0.354. The predicted molar refractivity (Wildman–Crippen MR) is 54.2 cm³/mol. The molecule has 1 aromatic rings. The van der Waals surface area contributed by atoms with Crippen LogP contribution < -0.4 is 4.74 Å². The minimum atomic E-state index is -0.690. The molecule has 15 heavy (non-hydrogen) atoms. The Labute approximate surface area is 92.0 Å². The molecular formula is C10H10ClNO3. The maximum absolute atomic E-state index is 11.7. The summed E-state index contributed by atoms with van der Waals surface area (Å²) >= 11 is 5.55. The van der Waals surface area contributed by atoms with Gasteiger partial charge < -0.3 is 4.74 Å². The average molecular weight is 228 g/mol. The van der Waals surface area contributed by atoms with E-state index in [1.807, 2.05) is 0 Å². The first kappa shape index (κ1) is 10.3. The number of hydrogen-bond acceptors (Lipinski definition) is 3. The fraction of sp³-hybridized carbons (Fsp3) is 0.300. The number of carbonyl (C=O) groups is 1. The second-order valence-corrected chi connectivity index (χ2v) is 3.57. The summed E-state index contributed by atoms with van der Waals surface area (Å²) in [5.41, 5.74) is 0.367. The van der Waals surface area contributed by atoms with E-state index in [1.54, 1.807) is 24.3 Å². The smallest absolute Gasteiger partial charge is 0.284 e. The third-order valence-corrected chi connectivity index (χ3v) is 2.44. The van der Waals surface area contributed by atoms with Gasteiger partial charge in [0.2, 0.25) is 0 Å². The predicted octanol–water partition coefficient (Wildman–Crippen LogP) is 1.87.